The average molecular weight is 374 g/mol. The lowest BCUT2D eigenvalue weighted by molar-refractivity contribution is -0.137. The van der Waals surface area contributed by atoms with Gasteiger partial charge in [-0.25, -0.2) is 0 Å². The number of anilines is 1. The molecule has 1 heterocycles. The third-order valence-corrected chi connectivity index (χ3v) is 4.45. The van der Waals surface area contributed by atoms with E-state index in [0.717, 1.165) is 12.2 Å². The Labute approximate surface area is 146 Å². The Hall–Kier alpha value is -1.97. The molecule has 0 aliphatic carbocycles. The van der Waals surface area contributed by atoms with Crippen LogP contribution >= 0.6 is 23.8 Å². The van der Waals surface area contributed by atoms with Crippen molar-refractivity contribution < 1.29 is 14.1 Å². The normalized spacial score (nSPS) is 11.0. The topological polar surface area (TPSA) is 115 Å². The predicted molar refractivity (Wildman–Crippen MR) is 93.8 cm³/mol. The number of carbonyl (C=O) groups is 1. The van der Waals surface area contributed by atoms with Crippen LogP contribution in [0.3, 0.4) is 0 Å². The fraction of sp³-hybridized carbons (Fsp3) is 0.357. The number of carboxylic acid groups (broad SMARTS) is 1. The summed E-state index contributed by atoms with van der Waals surface area (Å²) in [7, 11) is 1.46. The number of aromatic nitrogens is 2. The second-order valence-corrected chi connectivity index (χ2v) is 6.33. The van der Waals surface area contributed by atoms with Gasteiger partial charge in [0.15, 0.2) is 0 Å². The predicted octanol–water partition coefficient (Wildman–Crippen LogP) is 2.06. The van der Waals surface area contributed by atoms with E-state index < -0.39 is 17.1 Å². The van der Waals surface area contributed by atoms with Gasteiger partial charge < -0.3 is 15.1 Å². The minimum atomic E-state index is -0.907. The molecule has 2 rings (SSSR count). The van der Waals surface area contributed by atoms with Crippen molar-refractivity contribution in [1.82, 2.24) is 9.97 Å². The Morgan fingerprint density at radius 1 is 1.38 bits per heavy atom. The molecule has 0 amide bonds. The van der Waals surface area contributed by atoms with Gasteiger partial charge in [0.2, 0.25) is 0 Å². The van der Waals surface area contributed by atoms with E-state index in [1.807, 2.05) is 0 Å². The number of benzene rings is 1. The third kappa shape index (κ3) is 3.92. The lowest BCUT2D eigenvalue weighted by Crippen LogP contribution is -2.30. The van der Waals surface area contributed by atoms with Crippen molar-refractivity contribution in [3.8, 4) is 0 Å². The fourth-order valence-corrected chi connectivity index (χ4v) is 3.18. The molecule has 2 aromatic rings. The summed E-state index contributed by atoms with van der Waals surface area (Å²) in [6, 6.07) is 1.66. The first-order chi connectivity index (χ1) is 11.3. The smallest absolute Gasteiger partial charge is 0.314 e. The molecule has 0 bridgehead atoms. The van der Waals surface area contributed by atoms with Crippen LogP contribution in [0.5, 0.6) is 0 Å². The Balaban J connectivity index is 2.59. The highest BCUT2D eigenvalue weighted by Crippen LogP contribution is 2.38. The SMILES string of the molecule is COSN(CCCC(=O)O)c1c(Cl)c(C)cc2[nH]c(=O)c(=O)[nH]c12. The molecular weight excluding hydrogens is 358 g/mol. The second-order valence-electron chi connectivity index (χ2n) is 5.03. The molecule has 0 spiro atoms. The van der Waals surface area contributed by atoms with Crippen LogP contribution < -0.4 is 15.4 Å². The zero-order chi connectivity index (χ0) is 17.9. The molecule has 0 atom stereocenters. The molecule has 0 radical (unpaired) electrons. The van der Waals surface area contributed by atoms with Gasteiger partial charge in [0.05, 0.1) is 28.9 Å². The zero-order valence-corrected chi connectivity index (χ0v) is 14.6. The van der Waals surface area contributed by atoms with Gasteiger partial charge in [-0.15, -0.1) is 0 Å². The van der Waals surface area contributed by atoms with Crippen molar-refractivity contribution in [3.05, 3.63) is 37.4 Å². The van der Waals surface area contributed by atoms with Crippen molar-refractivity contribution in [2.75, 3.05) is 18.0 Å². The van der Waals surface area contributed by atoms with E-state index in [2.05, 4.69) is 9.97 Å². The average Bonchev–Trinajstić information content (AvgIpc) is 2.50. The van der Waals surface area contributed by atoms with Gasteiger partial charge in [-0.2, -0.15) is 0 Å². The van der Waals surface area contributed by atoms with Crippen LogP contribution in [0.15, 0.2) is 15.7 Å². The number of carboxylic acids is 1. The molecule has 0 saturated heterocycles. The quantitative estimate of drug-likeness (QED) is 0.386. The van der Waals surface area contributed by atoms with Crippen LogP contribution in [0.4, 0.5) is 5.69 Å². The van der Waals surface area contributed by atoms with E-state index in [9.17, 15) is 14.4 Å². The van der Waals surface area contributed by atoms with E-state index in [1.54, 1.807) is 17.3 Å². The fourth-order valence-electron chi connectivity index (χ4n) is 2.23. The Bertz CT molecular complexity index is 879. The highest BCUT2D eigenvalue weighted by atomic mass is 35.5. The molecule has 0 fully saturated rings. The van der Waals surface area contributed by atoms with Gasteiger partial charge in [0, 0.05) is 13.0 Å². The number of H-pyrrole nitrogens is 2. The second kappa shape index (κ2) is 7.73. The van der Waals surface area contributed by atoms with Crippen LogP contribution in [-0.2, 0) is 8.98 Å². The summed E-state index contributed by atoms with van der Waals surface area (Å²) in [5.41, 5.74) is 0.383. The molecule has 1 aromatic heterocycles. The Kier molecular flexibility index (Phi) is 5.92. The molecule has 10 heteroatoms. The van der Waals surface area contributed by atoms with Crippen molar-refractivity contribution >= 4 is 46.5 Å². The Morgan fingerprint density at radius 2 is 2.04 bits per heavy atom. The number of hydrogen-bond donors (Lipinski definition) is 3. The van der Waals surface area contributed by atoms with Crippen molar-refractivity contribution in [2.45, 2.75) is 19.8 Å². The number of nitrogens with zero attached hydrogens (tertiary/aromatic N) is 1. The van der Waals surface area contributed by atoms with Gasteiger partial charge >= 0.3 is 17.1 Å². The number of aromatic amines is 2. The largest absolute Gasteiger partial charge is 0.481 e. The summed E-state index contributed by atoms with van der Waals surface area (Å²) < 4.78 is 6.73. The summed E-state index contributed by atoms with van der Waals surface area (Å²) in [4.78, 5) is 39.0. The first-order valence-corrected chi connectivity index (χ1v) is 8.08. The molecule has 8 nitrogen and oxygen atoms in total. The Morgan fingerprint density at radius 3 is 2.67 bits per heavy atom. The summed E-state index contributed by atoms with van der Waals surface area (Å²) in [5.74, 6) is -0.907. The monoisotopic (exact) mass is 373 g/mol. The molecule has 130 valence electrons. The van der Waals surface area contributed by atoms with Gasteiger partial charge in [-0.1, -0.05) is 11.6 Å². The zero-order valence-electron chi connectivity index (χ0n) is 13.0. The van der Waals surface area contributed by atoms with Crippen molar-refractivity contribution in [3.63, 3.8) is 0 Å². The number of fused-ring (bicyclic) bond motifs is 1. The number of aryl methyl sites for hydroxylation is 1. The van der Waals surface area contributed by atoms with Gasteiger partial charge in [0.25, 0.3) is 0 Å². The van der Waals surface area contributed by atoms with Crippen LogP contribution in [0.1, 0.15) is 18.4 Å². The molecule has 3 N–H and O–H groups in total. The maximum absolute atomic E-state index is 11.7. The van der Waals surface area contributed by atoms with E-state index in [0.29, 0.717) is 40.3 Å². The van der Waals surface area contributed by atoms with Crippen LogP contribution in [0.25, 0.3) is 11.0 Å². The summed E-state index contributed by atoms with van der Waals surface area (Å²) >= 11 is 7.37. The molecule has 0 aliphatic heterocycles. The number of hydrogen-bond acceptors (Lipinski definition) is 6. The molecular formula is C14H16ClN3O5S. The summed E-state index contributed by atoms with van der Waals surface area (Å²) in [6.45, 7) is 2.09. The number of nitrogens with one attached hydrogen (secondary N) is 2. The van der Waals surface area contributed by atoms with Crippen molar-refractivity contribution in [2.24, 2.45) is 0 Å². The minimum absolute atomic E-state index is 0.0184. The van der Waals surface area contributed by atoms with E-state index in [-0.39, 0.29) is 6.42 Å². The van der Waals surface area contributed by atoms with E-state index in [4.69, 9.17) is 20.9 Å². The van der Waals surface area contributed by atoms with Gasteiger partial charge in [0.1, 0.15) is 12.2 Å². The van der Waals surface area contributed by atoms with Crippen LogP contribution in [0.2, 0.25) is 5.02 Å². The lowest BCUT2D eigenvalue weighted by Gasteiger charge is -2.24. The first kappa shape index (κ1) is 18.4. The van der Waals surface area contributed by atoms with Crippen LogP contribution in [0, 0.1) is 6.92 Å². The number of rotatable bonds is 7. The summed E-state index contributed by atoms with van der Waals surface area (Å²) in [5, 5.41) is 9.17. The van der Waals surface area contributed by atoms with E-state index >= 15 is 0 Å². The maximum Gasteiger partial charge on any atom is 0.314 e. The molecule has 24 heavy (non-hydrogen) atoms. The molecule has 0 saturated carbocycles. The first-order valence-electron chi connectivity index (χ1n) is 7.00. The van der Waals surface area contributed by atoms with Gasteiger partial charge in [-0.3, -0.25) is 22.9 Å². The van der Waals surface area contributed by atoms with Gasteiger partial charge in [-0.05, 0) is 25.0 Å². The molecule has 0 aliphatic rings. The van der Waals surface area contributed by atoms with Crippen molar-refractivity contribution in [1.29, 1.82) is 0 Å². The lowest BCUT2D eigenvalue weighted by atomic mass is 10.1. The van der Waals surface area contributed by atoms with E-state index in [1.165, 1.54) is 7.11 Å². The maximum atomic E-state index is 11.7. The third-order valence-electron chi connectivity index (χ3n) is 3.28. The van der Waals surface area contributed by atoms with Crippen LogP contribution in [-0.4, -0.2) is 34.7 Å². The number of aliphatic carboxylic acids is 1. The minimum Gasteiger partial charge on any atom is -0.481 e. The molecule has 1 aromatic carbocycles. The summed E-state index contributed by atoms with van der Waals surface area (Å²) in [6.07, 6.45) is 0.334. The standard InChI is InChI=1S/C14H16ClN3O5S/c1-7-6-8-11(17-14(22)13(21)16-8)12(10(7)15)18(24-23-2)5-3-4-9(19)20/h6H,3-5H2,1-2H3,(H,16,21)(H,17,22)(H,19,20). The molecule has 0 unspecified atom stereocenters. The number of halogens is 1. The highest BCUT2D eigenvalue weighted by Gasteiger charge is 2.19. The highest BCUT2D eigenvalue weighted by molar-refractivity contribution is 7.96.